The first-order chi connectivity index (χ1) is 21.5. The number of nitrogens with zero attached hydrogens (tertiary/aromatic N) is 5. The van der Waals surface area contributed by atoms with Gasteiger partial charge in [-0.1, -0.05) is 37.6 Å². The van der Waals surface area contributed by atoms with E-state index in [1.54, 1.807) is 11.1 Å². The number of benzene rings is 1. The number of carbonyl (C=O) groups is 4. The maximum Gasteiger partial charge on any atom is 0.255 e. The van der Waals surface area contributed by atoms with Crippen LogP contribution in [-0.4, -0.2) is 67.3 Å². The van der Waals surface area contributed by atoms with Crippen LogP contribution >= 0.6 is 11.6 Å². The Morgan fingerprint density at radius 1 is 1.07 bits per heavy atom. The highest BCUT2D eigenvalue weighted by Gasteiger charge is 2.39. The average Bonchev–Trinajstić information content (AvgIpc) is 3.63. The molecular weight excluding hydrogens is 594 g/mol. The topological polar surface area (TPSA) is 130 Å². The van der Waals surface area contributed by atoms with Crippen molar-refractivity contribution in [1.29, 1.82) is 0 Å². The number of fused-ring (bicyclic) bond motifs is 2. The number of piperidine rings is 2. The van der Waals surface area contributed by atoms with Crippen LogP contribution in [0.1, 0.15) is 66.7 Å². The molecule has 6 heterocycles. The molecule has 2 fully saturated rings. The van der Waals surface area contributed by atoms with Crippen molar-refractivity contribution in [2.45, 2.75) is 71.6 Å². The zero-order valence-electron chi connectivity index (χ0n) is 25.4. The lowest BCUT2D eigenvalue weighted by molar-refractivity contribution is -0.137. The molecule has 11 nitrogen and oxygen atoms in total. The van der Waals surface area contributed by atoms with Gasteiger partial charge >= 0.3 is 0 Å². The first kappa shape index (κ1) is 29.6. The number of likely N-dealkylation sites (tertiary alicyclic amines) is 1. The Kier molecular flexibility index (Phi) is 7.48. The average molecular weight is 630 g/mol. The minimum atomic E-state index is -0.620. The van der Waals surface area contributed by atoms with E-state index in [-0.39, 0.29) is 35.5 Å². The lowest BCUT2D eigenvalue weighted by Gasteiger charge is -2.31. The van der Waals surface area contributed by atoms with E-state index >= 15 is 0 Å². The summed E-state index contributed by atoms with van der Waals surface area (Å²) >= 11 is 6.56. The van der Waals surface area contributed by atoms with Crippen molar-refractivity contribution in [2.24, 2.45) is 11.3 Å². The Labute approximate surface area is 266 Å². The third-order valence-corrected chi connectivity index (χ3v) is 9.82. The molecule has 1 aromatic carbocycles. The highest BCUT2D eigenvalue weighted by atomic mass is 35.5. The van der Waals surface area contributed by atoms with Crippen LogP contribution in [0.4, 0.5) is 5.82 Å². The van der Waals surface area contributed by atoms with Gasteiger partial charge in [0.2, 0.25) is 17.7 Å². The van der Waals surface area contributed by atoms with Crippen LogP contribution in [0.2, 0.25) is 5.02 Å². The Morgan fingerprint density at radius 3 is 2.64 bits per heavy atom. The fourth-order valence-electron chi connectivity index (χ4n) is 7.15. The van der Waals surface area contributed by atoms with Crippen molar-refractivity contribution in [3.05, 3.63) is 64.1 Å². The predicted molar refractivity (Wildman–Crippen MR) is 167 cm³/mol. The van der Waals surface area contributed by atoms with Gasteiger partial charge in [0.05, 0.1) is 11.2 Å². The molecule has 4 aliphatic heterocycles. The zero-order chi connectivity index (χ0) is 31.5. The molecule has 4 aliphatic rings. The van der Waals surface area contributed by atoms with E-state index in [9.17, 15) is 19.2 Å². The summed E-state index contributed by atoms with van der Waals surface area (Å²) in [5, 5.41) is 10.5. The van der Waals surface area contributed by atoms with Crippen LogP contribution < -0.4 is 10.6 Å². The molecule has 2 saturated heterocycles. The van der Waals surface area contributed by atoms with Crippen molar-refractivity contribution in [3.63, 3.8) is 0 Å². The van der Waals surface area contributed by atoms with Gasteiger partial charge in [0.1, 0.15) is 11.9 Å². The van der Waals surface area contributed by atoms with Crippen molar-refractivity contribution in [1.82, 2.24) is 29.9 Å². The minimum absolute atomic E-state index is 0.0404. The van der Waals surface area contributed by atoms with Gasteiger partial charge in [-0.25, -0.2) is 4.98 Å². The maximum absolute atomic E-state index is 13.2. The first-order valence-corrected chi connectivity index (χ1v) is 15.9. The minimum Gasteiger partial charge on any atom is -0.322 e. The summed E-state index contributed by atoms with van der Waals surface area (Å²) in [5.74, 6) is -0.546. The number of hydrogen-bond acceptors (Lipinski definition) is 7. The van der Waals surface area contributed by atoms with Gasteiger partial charge in [0, 0.05) is 60.6 Å². The Morgan fingerprint density at radius 2 is 1.87 bits per heavy atom. The predicted octanol–water partition coefficient (Wildman–Crippen LogP) is 3.79. The molecule has 45 heavy (non-hydrogen) atoms. The highest BCUT2D eigenvalue weighted by Crippen LogP contribution is 2.39. The third kappa shape index (κ3) is 5.75. The molecule has 1 atom stereocenters. The van der Waals surface area contributed by atoms with Crippen molar-refractivity contribution >= 4 is 41.0 Å². The molecule has 4 amide bonds. The Hall–Kier alpha value is -4.09. The smallest absolute Gasteiger partial charge is 0.255 e. The summed E-state index contributed by atoms with van der Waals surface area (Å²) in [6.45, 7) is 7.93. The van der Waals surface area contributed by atoms with E-state index in [1.807, 2.05) is 35.1 Å². The van der Waals surface area contributed by atoms with Crippen LogP contribution in [0.15, 0.2) is 36.7 Å². The maximum atomic E-state index is 13.2. The van der Waals surface area contributed by atoms with E-state index in [2.05, 4.69) is 39.5 Å². The van der Waals surface area contributed by atoms with Crippen molar-refractivity contribution < 1.29 is 19.2 Å². The lowest BCUT2D eigenvalue weighted by atomic mass is 9.89. The van der Waals surface area contributed by atoms with Gasteiger partial charge in [-0.05, 0) is 67.4 Å². The quantitative estimate of drug-likeness (QED) is 0.397. The number of imide groups is 1. The molecule has 1 unspecified atom stereocenters. The summed E-state index contributed by atoms with van der Waals surface area (Å²) in [6.07, 6.45) is 6.38. The van der Waals surface area contributed by atoms with Crippen LogP contribution in [-0.2, 0) is 40.4 Å². The zero-order valence-corrected chi connectivity index (χ0v) is 26.2. The number of anilines is 1. The summed E-state index contributed by atoms with van der Waals surface area (Å²) < 4.78 is 2.04. The van der Waals surface area contributed by atoms with Gasteiger partial charge in [-0.15, -0.1) is 0 Å². The monoisotopic (exact) mass is 629 g/mol. The molecule has 7 rings (SSSR count). The molecule has 12 heteroatoms. The Bertz CT molecular complexity index is 1730. The molecule has 2 aromatic heterocycles. The van der Waals surface area contributed by atoms with Crippen LogP contribution in [0.3, 0.4) is 0 Å². The molecule has 3 aromatic rings. The van der Waals surface area contributed by atoms with Gasteiger partial charge < -0.3 is 10.2 Å². The summed E-state index contributed by atoms with van der Waals surface area (Å²) in [5.41, 5.74) is 5.70. The van der Waals surface area contributed by atoms with Crippen LogP contribution in [0.25, 0.3) is 11.1 Å². The number of amides is 4. The molecule has 0 radical (unpaired) electrons. The second kappa shape index (κ2) is 11.4. The third-order valence-electron chi connectivity index (χ3n) is 9.52. The van der Waals surface area contributed by atoms with Gasteiger partial charge in [0.15, 0.2) is 0 Å². The molecule has 0 saturated carbocycles. The largest absolute Gasteiger partial charge is 0.322 e. The summed E-state index contributed by atoms with van der Waals surface area (Å²) in [4.78, 5) is 58.4. The van der Waals surface area contributed by atoms with Crippen molar-refractivity contribution in [3.8, 4) is 11.1 Å². The molecule has 0 aliphatic carbocycles. The van der Waals surface area contributed by atoms with E-state index in [0.29, 0.717) is 35.9 Å². The number of rotatable bonds is 6. The van der Waals surface area contributed by atoms with Gasteiger partial charge in [-0.2, -0.15) is 5.10 Å². The molecule has 0 bridgehead atoms. The highest BCUT2D eigenvalue weighted by molar-refractivity contribution is 6.33. The molecule has 234 valence electrons. The van der Waals surface area contributed by atoms with E-state index < -0.39 is 11.9 Å². The van der Waals surface area contributed by atoms with Crippen LogP contribution in [0.5, 0.6) is 0 Å². The first-order valence-electron chi connectivity index (χ1n) is 15.5. The van der Waals surface area contributed by atoms with Gasteiger partial charge in [-0.3, -0.25) is 34.1 Å². The molecule has 2 N–H and O–H groups in total. The SMILES string of the molecule is CC1(C)Cc2c(-c3cc(NC(=O)C4CCN(Cc5ccc6c(c5)CN(C5CCC(=O)NC5=O)C6=O)CC4)ncc3Cl)cnn2C1. The van der Waals surface area contributed by atoms with Gasteiger partial charge in [0.25, 0.3) is 5.91 Å². The standard InChI is InChI=1S/C33H36ClN7O4/c1-33(2)13-27-24(14-36-41(27)18-33)23-12-28(35-15-25(23)34)37-30(43)20-7-9-39(10-8-20)16-19-3-4-22-21(11-19)17-40(32(22)45)26-5-6-29(42)38-31(26)44/h3-4,11-12,14-15,20,26H,5-10,13,16-18H2,1-2H3,(H,35,37,43)(H,38,42,44). The number of pyridine rings is 1. The van der Waals surface area contributed by atoms with E-state index in [1.165, 1.54) is 0 Å². The normalized spacial score (nSPS) is 21.5. The molecule has 0 spiro atoms. The number of halogens is 1. The van der Waals surface area contributed by atoms with E-state index in [0.717, 1.165) is 66.8 Å². The van der Waals surface area contributed by atoms with E-state index in [4.69, 9.17) is 11.6 Å². The Balaban J connectivity index is 0.945. The fraction of sp³-hybridized carbons (Fsp3) is 0.455. The fourth-order valence-corrected chi connectivity index (χ4v) is 7.36. The van der Waals surface area contributed by atoms with Crippen molar-refractivity contribution in [2.75, 3.05) is 18.4 Å². The second-order valence-corrected chi connectivity index (χ2v) is 13.9. The number of nitrogens with one attached hydrogen (secondary N) is 2. The number of carbonyl (C=O) groups excluding carboxylic acids is 4. The summed E-state index contributed by atoms with van der Waals surface area (Å²) in [6, 6.07) is 7.07. The summed E-state index contributed by atoms with van der Waals surface area (Å²) in [7, 11) is 0. The molecular formula is C33H36ClN7O4. The lowest BCUT2D eigenvalue weighted by Crippen LogP contribution is -2.52. The second-order valence-electron chi connectivity index (χ2n) is 13.5. The number of aromatic nitrogens is 3. The van der Waals surface area contributed by atoms with Crippen LogP contribution in [0, 0.1) is 11.3 Å². The number of hydrogen-bond donors (Lipinski definition) is 2.